The highest BCUT2D eigenvalue weighted by molar-refractivity contribution is 6.01. The maximum atomic E-state index is 13.1. The van der Waals surface area contributed by atoms with E-state index in [2.05, 4.69) is 15.6 Å². The molecule has 0 fully saturated rings. The zero-order valence-corrected chi connectivity index (χ0v) is 20.5. The lowest BCUT2D eigenvalue weighted by Crippen LogP contribution is -2.41. The number of nitrogens with zero attached hydrogens (tertiary/aromatic N) is 2. The second-order valence-corrected chi connectivity index (χ2v) is 8.60. The molecule has 0 spiro atoms. The number of carbonyl (C=O) groups excluding carboxylic acids is 3. The molecule has 2 N–H and O–H groups in total. The second kappa shape index (κ2) is 12.5. The van der Waals surface area contributed by atoms with Crippen molar-refractivity contribution in [1.29, 1.82) is 0 Å². The van der Waals surface area contributed by atoms with Crippen molar-refractivity contribution >= 4 is 29.2 Å². The Morgan fingerprint density at radius 1 is 0.857 bits per heavy atom. The maximum Gasteiger partial charge on any atom is 0.240 e. The molecule has 2 aromatic carbocycles. The predicted molar refractivity (Wildman–Crippen MR) is 138 cm³/mol. The maximum absolute atomic E-state index is 13.1. The van der Waals surface area contributed by atoms with E-state index in [0.29, 0.717) is 24.5 Å². The number of aryl methyl sites for hydroxylation is 3. The van der Waals surface area contributed by atoms with Gasteiger partial charge < -0.3 is 15.5 Å². The number of hydrogen-bond acceptors (Lipinski definition) is 4. The number of amides is 3. The Kier molecular flexibility index (Phi) is 9.12. The van der Waals surface area contributed by atoms with E-state index in [9.17, 15) is 14.4 Å². The normalized spacial score (nSPS) is 10.5. The molecule has 3 rings (SSSR count). The summed E-state index contributed by atoms with van der Waals surface area (Å²) in [5.41, 5.74) is 4.86. The van der Waals surface area contributed by atoms with Gasteiger partial charge in [-0.3, -0.25) is 14.4 Å². The largest absolute Gasteiger partial charge is 0.354 e. The van der Waals surface area contributed by atoms with E-state index in [4.69, 9.17) is 0 Å². The van der Waals surface area contributed by atoms with Crippen molar-refractivity contribution in [3.63, 3.8) is 0 Å². The van der Waals surface area contributed by atoms with Crippen molar-refractivity contribution in [3.8, 4) is 0 Å². The molecule has 35 heavy (non-hydrogen) atoms. The Labute approximate surface area is 206 Å². The van der Waals surface area contributed by atoms with Gasteiger partial charge >= 0.3 is 0 Å². The van der Waals surface area contributed by atoms with Gasteiger partial charge in [-0.1, -0.05) is 36.4 Å². The van der Waals surface area contributed by atoms with Crippen LogP contribution in [0.4, 0.5) is 11.5 Å². The third-order valence-corrected chi connectivity index (χ3v) is 5.73. The van der Waals surface area contributed by atoms with E-state index in [1.807, 2.05) is 75.4 Å². The third-order valence-electron chi connectivity index (χ3n) is 5.73. The summed E-state index contributed by atoms with van der Waals surface area (Å²) in [4.78, 5) is 43.8. The zero-order valence-electron chi connectivity index (χ0n) is 20.5. The van der Waals surface area contributed by atoms with Gasteiger partial charge in [0.15, 0.2) is 0 Å². The van der Waals surface area contributed by atoms with E-state index in [1.54, 1.807) is 12.3 Å². The number of rotatable bonds is 10. The average molecular weight is 473 g/mol. The molecular formula is C28H32N4O3. The number of hydrogen-bond donors (Lipinski definition) is 2. The van der Waals surface area contributed by atoms with Crippen molar-refractivity contribution < 1.29 is 14.4 Å². The fraction of sp³-hybridized carbons (Fsp3) is 0.286. The molecule has 182 valence electrons. The number of anilines is 2. The number of aromatic nitrogens is 1. The van der Waals surface area contributed by atoms with Crippen LogP contribution in [0.2, 0.25) is 0 Å². The molecule has 0 unspecified atom stereocenters. The van der Waals surface area contributed by atoms with Gasteiger partial charge in [-0.15, -0.1) is 0 Å². The summed E-state index contributed by atoms with van der Waals surface area (Å²) in [6.45, 7) is 6.23. The van der Waals surface area contributed by atoms with Crippen LogP contribution in [0.3, 0.4) is 0 Å². The smallest absolute Gasteiger partial charge is 0.240 e. The first kappa shape index (κ1) is 25.6. The van der Waals surface area contributed by atoms with Gasteiger partial charge in [0, 0.05) is 31.3 Å². The van der Waals surface area contributed by atoms with Crippen molar-refractivity contribution in [2.75, 3.05) is 23.3 Å². The summed E-state index contributed by atoms with van der Waals surface area (Å²) in [7, 11) is 0. The topological polar surface area (TPSA) is 91.4 Å². The summed E-state index contributed by atoms with van der Waals surface area (Å²) >= 11 is 0. The average Bonchev–Trinajstić information content (AvgIpc) is 2.83. The fourth-order valence-corrected chi connectivity index (χ4v) is 3.57. The van der Waals surface area contributed by atoms with E-state index in [1.165, 1.54) is 4.90 Å². The minimum absolute atomic E-state index is 0.00851. The highest BCUT2D eigenvalue weighted by Crippen LogP contribution is 2.20. The molecule has 1 heterocycles. The first-order chi connectivity index (χ1) is 16.8. The van der Waals surface area contributed by atoms with Crippen LogP contribution in [0, 0.1) is 20.8 Å². The lowest BCUT2D eigenvalue weighted by Gasteiger charge is -2.23. The molecule has 0 atom stereocenters. The van der Waals surface area contributed by atoms with E-state index in [0.717, 1.165) is 22.3 Å². The molecule has 0 aliphatic heterocycles. The number of nitrogens with one attached hydrogen (secondary N) is 2. The van der Waals surface area contributed by atoms with Gasteiger partial charge in [0.1, 0.15) is 12.4 Å². The fourth-order valence-electron chi connectivity index (χ4n) is 3.57. The van der Waals surface area contributed by atoms with Gasteiger partial charge in [-0.25, -0.2) is 4.98 Å². The van der Waals surface area contributed by atoms with Crippen LogP contribution in [0.25, 0.3) is 0 Å². The minimum Gasteiger partial charge on any atom is -0.354 e. The SMILES string of the molecule is Cc1ccnc(NC(=O)CCC(=O)N(CC(=O)NCCc2ccccc2)c2ccc(C)c(C)c2)c1. The minimum atomic E-state index is -0.302. The van der Waals surface area contributed by atoms with E-state index < -0.39 is 0 Å². The standard InChI is InChI=1S/C28H32N4O3/c1-20-13-15-29-25(17-20)31-26(33)11-12-28(35)32(24-10-9-21(2)22(3)18-24)19-27(34)30-16-14-23-7-5-4-6-8-23/h4-10,13,15,17-18H,11-12,14,16,19H2,1-3H3,(H,30,34)(H,29,31,33). The summed E-state index contributed by atoms with van der Waals surface area (Å²) in [5, 5.41) is 5.61. The van der Waals surface area contributed by atoms with Crippen LogP contribution in [-0.2, 0) is 20.8 Å². The Morgan fingerprint density at radius 2 is 1.63 bits per heavy atom. The summed E-state index contributed by atoms with van der Waals surface area (Å²) < 4.78 is 0. The lowest BCUT2D eigenvalue weighted by atomic mass is 10.1. The first-order valence-corrected chi connectivity index (χ1v) is 11.7. The van der Waals surface area contributed by atoms with Gasteiger partial charge in [0.05, 0.1) is 0 Å². The third kappa shape index (κ3) is 8.07. The van der Waals surface area contributed by atoms with Crippen molar-refractivity contribution in [2.45, 2.75) is 40.0 Å². The monoisotopic (exact) mass is 472 g/mol. The van der Waals surface area contributed by atoms with Crippen LogP contribution in [0.5, 0.6) is 0 Å². The van der Waals surface area contributed by atoms with Crippen LogP contribution in [-0.4, -0.2) is 35.8 Å². The molecule has 0 bridgehead atoms. The quantitative estimate of drug-likeness (QED) is 0.464. The molecule has 0 saturated carbocycles. The van der Waals surface area contributed by atoms with Crippen LogP contribution in [0.1, 0.15) is 35.1 Å². The molecule has 1 aromatic heterocycles. The Bertz CT molecular complexity index is 1180. The predicted octanol–water partition coefficient (Wildman–Crippen LogP) is 4.12. The van der Waals surface area contributed by atoms with Crippen molar-refractivity contribution in [1.82, 2.24) is 10.3 Å². The van der Waals surface area contributed by atoms with Crippen LogP contribution >= 0.6 is 0 Å². The van der Waals surface area contributed by atoms with Crippen LogP contribution < -0.4 is 15.5 Å². The Hall–Kier alpha value is -4.00. The molecule has 7 nitrogen and oxygen atoms in total. The Morgan fingerprint density at radius 3 is 2.34 bits per heavy atom. The number of carbonyl (C=O) groups is 3. The van der Waals surface area contributed by atoms with Gasteiger partial charge in [-0.05, 0) is 73.7 Å². The van der Waals surface area contributed by atoms with Crippen LogP contribution in [0.15, 0.2) is 66.9 Å². The molecule has 0 aliphatic carbocycles. The summed E-state index contributed by atoms with van der Waals surface area (Å²) in [6.07, 6.45) is 2.29. The highest BCUT2D eigenvalue weighted by Gasteiger charge is 2.20. The van der Waals surface area contributed by atoms with E-state index in [-0.39, 0.29) is 37.1 Å². The van der Waals surface area contributed by atoms with Gasteiger partial charge in [0.25, 0.3) is 0 Å². The van der Waals surface area contributed by atoms with Gasteiger partial charge in [0.2, 0.25) is 17.7 Å². The summed E-state index contributed by atoms with van der Waals surface area (Å²) in [5.74, 6) is -0.394. The molecule has 0 aliphatic rings. The van der Waals surface area contributed by atoms with Crippen molar-refractivity contribution in [3.05, 3.63) is 89.1 Å². The zero-order chi connectivity index (χ0) is 25.2. The highest BCUT2D eigenvalue weighted by atomic mass is 16.2. The molecule has 3 aromatic rings. The van der Waals surface area contributed by atoms with Crippen molar-refractivity contribution in [2.24, 2.45) is 0 Å². The number of pyridine rings is 1. The molecule has 3 amide bonds. The van der Waals surface area contributed by atoms with Gasteiger partial charge in [-0.2, -0.15) is 0 Å². The molecular weight excluding hydrogens is 440 g/mol. The second-order valence-electron chi connectivity index (χ2n) is 8.60. The van der Waals surface area contributed by atoms with E-state index >= 15 is 0 Å². The summed E-state index contributed by atoms with van der Waals surface area (Å²) in [6, 6.07) is 19.1. The first-order valence-electron chi connectivity index (χ1n) is 11.7. The molecule has 0 saturated heterocycles. The Balaban J connectivity index is 1.62. The molecule has 0 radical (unpaired) electrons. The lowest BCUT2D eigenvalue weighted by molar-refractivity contribution is -0.125. The number of benzene rings is 2. The molecule has 7 heteroatoms.